The third-order valence-electron chi connectivity index (χ3n) is 3.61. The van der Waals surface area contributed by atoms with Gasteiger partial charge in [-0.05, 0) is 32.9 Å². The maximum absolute atomic E-state index is 11.9. The molecule has 0 amide bonds. The Labute approximate surface area is 131 Å². The van der Waals surface area contributed by atoms with Gasteiger partial charge in [0.1, 0.15) is 5.75 Å². The summed E-state index contributed by atoms with van der Waals surface area (Å²) in [6, 6.07) is 5.65. The van der Waals surface area contributed by atoms with Gasteiger partial charge in [0, 0.05) is 24.8 Å². The number of hydrogen-bond acceptors (Lipinski definition) is 6. The number of hydrogen-bond donors (Lipinski definition) is 1. The van der Waals surface area contributed by atoms with E-state index in [-0.39, 0.29) is 5.97 Å². The van der Waals surface area contributed by atoms with Gasteiger partial charge >= 0.3 is 5.97 Å². The normalized spacial score (nSPS) is 16.5. The van der Waals surface area contributed by atoms with Crippen LogP contribution in [0, 0.1) is 5.41 Å². The number of carbonyl (C=O) groups is 1. The van der Waals surface area contributed by atoms with Gasteiger partial charge < -0.3 is 20.2 Å². The molecule has 1 aromatic rings. The van der Waals surface area contributed by atoms with Gasteiger partial charge in [0.15, 0.2) is 0 Å². The predicted molar refractivity (Wildman–Crippen MR) is 86.7 cm³/mol. The molecule has 6 heteroatoms. The van der Waals surface area contributed by atoms with Crippen molar-refractivity contribution in [3.63, 3.8) is 0 Å². The SMILES string of the molecule is COc1cc(N)ccc1N1CCN(OC(=O)C(C)(C)C)CC1. The second-order valence-electron chi connectivity index (χ2n) is 6.48. The molecule has 1 aliphatic rings. The standard InChI is InChI=1S/C16H25N3O3/c1-16(2,3)15(20)22-19-9-7-18(8-10-19)13-6-5-12(17)11-14(13)21-4/h5-6,11H,7-10,17H2,1-4H3. The highest BCUT2D eigenvalue weighted by Gasteiger charge is 2.28. The quantitative estimate of drug-likeness (QED) is 0.860. The van der Waals surface area contributed by atoms with E-state index < -0.39 is 5.41 Å². The summed E-state index contributed by atoms with van der Waals surface area (Å²) >= 11 is 0. The van der Waals surface area contributed by atoms with Crippen molar-refractivity contribution in [1.29, 1.82) is 0 Å². The molecule has 2 rings (SSSR count). The van der Waals surface area contributed by atoms with E-state index in [0.717, 1.165) is 24.5 Å². The van der Waals surface area contributed by atoms with Gasteiger partial charge in [0.2, 0.25) is 0 Å². The summed E-state index contributed by atoms with van der Waals surface area (Å²) in [6.07, 6.45) is 0. The first-order chi connectivity index (χ1) is 10.3. The average Bonchev–Trinajstić information content (AvgIpc) is 2.47. The predicted octanol–water partition coefficient (Wildman–Crippen LogP) is 1.90. The number of nitrogen functional groups attached to an aromatic ring is 1. The van der Waals surface area contributed by atoms with Crippen LogP contribution in [0.2, 0.25) is 0 Å². The molecule has 0 atom stereocenters. The van der Waals surface area contributed by atoms with E-state index in [4.69, 9.17) is 15.3 Å². The van der Waals surface area contributed by atoms with Crippen molar-refractivity contribution in [2.24, 2.45) is 5.41 Å². The molecule has 0 aromatic heterocycles. The zero-order valence-electron chi connectivity index (χ0n) is 13.8. The number of carbonyl (C=O) groups excluding carboxylic acids is 1. The highest BCUT2D eigenvalue weighted by atomic mass is 16.7. The number of rotatable bonds is 3. The molecule has 1 saturated heterocycles. The van der Waals surface area contributed by atoms with Crippen LogP contribution in [-0.2, 0) is 9.63 Å². The van der Waals surface area contributed by atoms with Gasteiger partial charge in [0.05, 0.1) is 31.3 Å². The highest BCUT2D eigenvalue weighted by Crippen LogP contribution is 2.31. The number of hydroxylamine groups is 2. The van der Waals surface area contributed by atoms with Crippen LogP contribution in [0.3, 0.4) is 0 Å². The minimum absolute atomic E-state index is 0.203. The largest absolute Gasteiger partial charge is 0.495 e. The second-order valence-corrected chi connectivity index (χ2v) is 6.48. The minimum Gasteiger partial charge on any atom is -0.495 e. The molecule has 1 heterocycles. The Bertz CT molecular complexity index is 532. The molecule has 0 bridgehead atoms. The third kappa shape index (κ3) is 3.82. The molecule has 22 heavy (non-hydrogen) atoms. The van der Waals surface area contributed by atoms with E-state index in [2.05, 4.69) is 4.90 Å². The van der Waals surface area contributed by atoms with Crippen molar-refractivity contribution in [1.82, 2.24) is 5.06 Å². The van der Waals surface area contributed by atoms with Crippen molar-refractivity contribution < 1.29 is 14.4 Å². The van der Waals surface area contributed by atoms with Gasteiger partial charge in [-0.1, -0.05) is 0 Å². The monoisotopic (exact) mass is 307 g/mol. The second kappa shape index (κ2) is 6.44. The van der Waals surface area contributed by atoms with E-state index in [1.165, 1.54) is 0 Å². The Hall–Kier alpha value is -1.95. The first-order valence-electron chi connectivity index (χ1n) is 7.47. The van der Waals surface area contributed by atoms with E-state index in [9.17, 15) is 4.79 Å². The number of benzene rings is 1. The van der Waals surface area contributed by atoms with Crippen LogP contribution in [-0.4, -0.2) is 44.3 Å². The van der Waals surface area contributed by atoms with Crippen molar-refractivity contribution in [3.8, 4) is 5.75 Å². The molecule has 1 fully saturated rings. The minimum atomic E-state index is -0.489. The maximum Gasteiger partial charge on any atom is 0.330 e. The molecule has 0 radical (unpaired) electrons. The van der Waals surface area contributed by atoms with E-state index in [0.29, 0.717) is 18.8 Å². The first kappa shape index (κ1) is 16.4. The molecule has 0 spiro atoms. The lowest BCUT2D eigenvalue weighted by molar-refractivity contribution is -0.201. The number of anilines is 2. The van der Waals surface area contributed by atoms with E-state index in [1.54, 1.807) is 12.2 Å². The molecule has 1 aliphatic heterocycles. The van der Waals surface area contributed by atoms with Crippen LogP contribution >= 0.6 is 0 Å². The van der Waals surface area contributed by atoms with Crippen molar-refractivity contribution in [2.75, 3.05) is 43.9 Å². The number of methoxy groups -OCH3 is 1. The Balaban J connectivity index is 1.96. The lowest BCUT2D eigenvalue weighted by Gasteiger charge is -2.36. The molecule has 122 valence electrons. The van der Waals surface area contributed by atoms with E-state index >= 15 is 0 Å². The molecule has 0 saturated carbocycles. The fourth-order valence-electron chi connectivity index (χ4n) is 2.23. The number of ether oxygens (including phenoxy) is 1. The van der Waals surface area contributed by atoms with Crippen LogP contribution in [0.25, 0.3) is 0 Å². The van der Waals surface area contributed by atoms with Gasteiger partial charge in [-0.25, -0.2) is 4.79 Å². The number of piperazine rings is 1. The first-order valence-corrected chi connectivity index (χ1v) is 7.47. The zero-order valence-corrected chi connectivity index (χ0v) is 13.8. The van der Waals surface area contributed by atoms with Crippen LogP contribution in [0.15, 0.2) is 18.2 Å². The fourth-order valence-corrected chi connectivity index (χ4v) is 2.23. The molecular formula is C16H25N3O3. The van der Waals surface area contributed by atoms with Crippen molar-refractivity contribution in [3.05, 3.63) is 18.2 Å². The highest BCUT2D eigenvalue weighted by molar-refractivity contribution is 5.75. The van der Waals surface area contributed by atoms with Crippen LogP contribution in [0.1, 0.15) is 20.8 Å². The average molecular weight is 307 g/mol. The summed E-state index contributed by atoms with van der Waals surface area (Å²) in [5.74, 6) is 0.561. The number of nitrogens with two attached hydrogens (primary N) is 1. The maximum atomic E-state index is 11.9. The number of nitrogens with zero attached hydrogens (tertiary/aromatic N) is 2. The smallest absolute Gasteiger partial charge is 0.330 e. The summed E-state index contributed by atoms with van der Waals surface area (Å²) in [5, 5.41) is 1.73. The zero-order chi connectivity index (χ0) is 16.3. The van der Waals surface area contributed by atoms with Crippen LogP contribution < -0.4 is 15.4 Å². The van der Waals surface area contributed by atoms with Crippen molar-refractivity contribution in [2.45, 2.75) is 20.8 Å². The molecule has 0 aliphatic carbocycles. The Morgan fingerprint density at radius 2 is 1.82 bits per heavy atom. The summed E-state index contributed by atoms with van der Waals surface area (Å²) in [4.78, 5) is 19.6. The lowest BCUT2D eigenvalue weighted by Crippen LogP contribution is -2.48. The van der Waals surface area contributed by atoms with Gasteiger partial charge in [-0.15, -0.1) is 5.06 Å². The van der Waals surface area contributed by atoms with Gasteiger partial charge in [-0.3, -0.25) is 0 Å². The summed E-state index contributed by atoms with van der Waals surface area (Å²) in [5.41, 5.74) is 6.99. The molecular weight excluding hydrogens is 282 g/mol. The fraction of sp³-hybridized carbons (Fsp3) is 0.562. The van der Waals surface area contributed by atoms with Crippen LogP contribution in [0.5, 0.6) is 5.75 Å². The molecule has 0 unspecified atom stereocenters. The molecule has 6 nitrogen and oxygen atoms in total. The van der Waals surface area contributed by atoms with Crippen LogP contribution in [0.4, 0.5) is 11.4 Å². The topological polar surface area (TPSA) is 68.0 Å². The molecule has 1 aromatic carbocycles. The van der Waals surface area contributed by atoms with Crippen molar-refractivity contribution >= 4 is 17.3 Å². The molecule has 2 N–H and O–H groups in total. The summed E-state index contributed by atoms with van der Waals surface area (Å²) in [6.45, 7) is 8.40. The van der Waals surface area contributed by atoms with Gasteiger partial charge in [-0.2, -0.15) is 0 Å². The summed E-state index contributed by atoms with van der Waals surface area (Å²) < 4.78 is 5.39. The van der Waals surface area contributed by atoms with E-state index in [1.807, 2.05) is 39.0 Å². The summed E-state index contributed by atoms with van der Waals surface area (Å²) in [7, 11) is 1.64. The lowest BCUT2D eigenvalue weighted by atomic mass is 9.98. The van der Waals surface area contributed by atoms with Gasteiger partial charge in [0.25, 0.3) is 0 Å². The Morgan fingerprint density at radius 3 is 2.36 bits per heavy atom. The third-order valence-corrected chi connectivity index (χ3v) is 3.61. The Morgan fingerprint density at radius 1 is 1.18 bits per heavy atom. The Kier molecular flexibility index (Phi) is 4.81.